The monoisotopic (exact) mass is 362 g/mol. The molecule has 132 valence electrons. The molecule has 2 saturated heterocycles. The van der Waals surface area contributed by atoms with Gasteiger partial charge in [0.15, 0.2) is 5.58 Å². The minimum atomic E-state index is -0.537. The number of H-pyrrole nitrogens is 1. The van der Waals surface area contributed by atoms with Crippen molar-refractivity contribution in [3.8, 4) is 0 Å². The van der Waals surface area contributed by atoms with E-state index in [2.05, 4.69) is 10.3 Å². The Morgan fingerprint density at radius 1 is 1.16 bits per heavy atom. The highest BCUT2D eigenvalue weighted by atomic mass is 32.2. The number of rotatable bonds is 2. The number of oxazole rings is 1. The first kappa shape index (κ1) is 16.2. The molecule has 1 aromatic carbocycles. The Morgan fingerprint density at radius 3 is 2.64 bits per heavy atom. The van der Waals surface area contributed by atoms with Gasteiger partial charge in [0.1, 0.15) is 0 Å². The van der Waals surface area contributed by atoms with Crippen molar-refractivity contribution in [1.29, 1.82) is 0 Å². The van der Waals surface area contributed by atoms with E-state index in [4.69, 9.17) is 4.42 Å². The third-order valence-electron chi connectivity index (χ3n) is 4.56. The molecule has 0 radical (unpaired) electrons. The quantitative estimate of drug-likeness (QED) is 0.784. The normalized spacial score (nSPS) is 21.0. The summed E-state index contributed by atoms with van der Waals surface area (Å²) in [5.41, 5.74) is 1.41. The molecular weight excluding hydrogens is 344 g/mol. The first-order chi connectivity index (χ1) is 12.1. The van der Waals surface area contributed by atoms with Gasteiger partial charge in [-0.2, -0.15) is 0 Å². The van der Waals surface area contributed by atoms with Crippen LogP contribution in [0.2, 0.25) is 0 Å². The first-order valence-electron chi connectivity index (χ1n) is 8.14. The number of carbonyl (C=O) groups excluding carboxylic acids is 2. The largest absolute Gasteiger partial charge is 0.417 e. The number of fused-ring (bicyclic) bond motifs is 1. The van der Waals surface area contributed by atoms with Crippen LogP contribution in [0.15, 0.2) is 27.4 Å². The molecule has 2 fully saturated rings. The molecule has 2 amide bonds. The summed E-state index contributed by atoms with van der Waals surface area (Å²) in [6, 6.07) is 4.81. The van der Waals surface area contributed by atoms with Gasteiger partial charge in [0, 0.05) is 43.4 Å². The Hall–Kier alpha value is -2.26. The number of hydrogen-bond donors (Lipinski definition) is 2. The third kappa shape index (κ3) is 3.16. The van der Waals surface area contributed by atoms with E-state index in [-0.39, 0.29) is 17.9 Å². The van der Waals surface area contributed by atoms with Crippen molar-refractivity contribution in [3.05, 3.63) is 34.3 Å². The number of hydrogen-bond acceptors (Lipinski definition) is 6. The first-order valence-corrected chi connectivity index (χ1v) is 9.29. The van der Waals surface area contributed by atoms with Crippen molar-refractivity contribution in [2.75, 3.05) is 37.8 Å². The van der Waals surface area contributed by atoms with Crippen LogP contribution in [0.1, 0.15) is 10.4 Å². The lowest BCUT2D eigenvalue weighted by Gasteiger charge is -2.35. The minimum absolute atomic E-state index is 0.105. The van der Waals surface area contributed by atoms with E-state index in [9.17, 15) is 14.4 Å². The summed E-state index contributed by atoms with van der Waals surface area (Å²) < 4.78 is 5.01. The molecule has 0 aliphatic carbocycles. The molecule has 9 heteroatoms. The summed E-state index contributed by atoms with van der Waals surface area (Å²) >= 11 is 1.72. The molecule has 4 rings (SSSR count). The molecule has 0 saturated carbocycles. The zero-order valence-electron chi connectivity index (χ0n) is 13.5. The number of piperazine rings is 1. The zero-order valence-corrected chi connectivity index (χ0v) is 14.3. The van der Waals surface area contributed by atoms with Crippen LogP contribution >= 0.6 is 11.8 Å². The van der Waals surface area contributed by atoms with Crippen molar-refractivity contribution in [2.45, 2.75) is 6.04 Å². The Kier molecular flexibility index (Phi) is 4.26. The Morgan fingerprint density at radius 2 is 1.92 bits per heavy atom. The highest BCUT2D eigenvalue weighted by Crippen LogP contribution is 2.17. The molecule has 8 nitrogen and oxygen atoms in total. The van der Waals surface area contributed by atoms with Crippen LogP contribution in [0.4, 0.5) is 0 Å². The predicted octanol–water partition coefficient (Wildman–Crippen LogP) is 0.0680. The van der Waals surface area contributed by atoms with E-state index in [1.165, 1.54) is 0 Å². The topological polar surface area (TPSA) is 98.7 Å². The number of benzene rings is 1. The van der Waals surface area contributed by atoms with Gasteiger partial charge in [0.05, 0.1) is 11.6 Å². The van der Waals surface area contributed by atoms with Crippen molar-refractivity contribution in [2.24, 2.45) is 0 Å². The molecular formula is C16H18N4O4S. The van der Waals surface area contributed by atoms with E-state index in [1.54, 1.807) is 34.9 Å². The fraction of sp³-hybridized carbons (Fsp3) is 0.438. The molecule has 3 heterocycles. The second kappa shape index (κ2) is 6.57. The maximum Gasteiger partial charge on any atom is 0.417 e. The summed E-state index contributed by atoms with van der Waals surface area (Å²) in [7, 11) is 0. The number of aromatic amines is 1. The summed E-state index contributed by atoms with van der Waals surface area (Å²) in [5, 5.41) is 3.18. The molecule has 0 bridgehead atoms. The van der Waals surface area contributed by atoms with E-state index >= 15 is 0 Å². The molecule has 2 aromatic rings. The van der Waals surface area contributed by atoms with Gasteiger partial charge in [0.2, 0.25) is 5.91 Å². The van der Waals surface area contributed by atoms with Crippen LogP contribution in [0.3, 0.4) is 0 Å². The van der Waals surface area contributed by atoms with Crippen LogP contribution < -0.4 is 11.1 Å². The number of carbonyl (C=O) groups is 2. The van der Waals surface area contributed by atoms with Crippen LogP contribution in [-0.2, 0) is 4.79 Å². The fourth-order valence-corrected chi connectivity index (χ4v) is 4.10. The minimum Gasteiger partial charge on any atom is -0.408 e. The number of nitrogens with one attached hydrogen (secondary N) is 2. The molecule has 25 heavy (non-hydrogen) atoms. The Labute approximate surface area is 147 Å². The summed E-state index contributed by atoms with van der Waals surface area (Å²) in [6.07, 6.45) is 0. The summed E-state index contributed by atoms with van der Waals surface area (Å²) in [6.45, 7) is 2.07. The maximum absolute atomic E-state index is 12.7. The van der Waals surface area contributed by atoms with Gasteiger partial charge in [-0.15, -0.1) is 11.8 Å². The van der Waals surface area contributed by atoms with Gasteiger partial charge in [-0.1, -0.05) is 0 Å². The van der Waals surface area contributed by atoms with E-state index < -0.39 is 5.76 Å². The molecule has 2 aliphatic rings. The maximum atomic E-state index is 12.7. The number of amides is 2. The van der Waals surface area contributed by atoms with Gasteiger partial charge >= 0.3 is 5.76 Å². The predicted molar refractivity (Wildman–Crippen MR) is 93.6 cm³/mol. The molecule has 1 atom stereocenters. The van der Waals surface area contributed by atoms with Gasteiger partial charge in [-0.3, -0.25) is 19.9 Å². The standard InChI is InChI=1S/C16H18N4O4S/c21-14(10-1-2-11-13(7-10)24-16(23)18-11)19-3-5-20(6-4-19)15(22)12-8-25-9-17-12/h1-2,7,12,17H,3-6,8-9H2,(H,18,23). The molecule has 0 spiro atoms. The van der Waals surface area contributed by atoms with Crippen LogP contribution in [0.25, 0.3) is 11.1 Å². The van der Waals surface area contributed by atoms with Crippen LogP contribution in [0, 0.1) is 0 Å². The highest BCUT2D eigenvalue weighted by molar-refractivity contribution is 7.99. The second-order valence-corrected chi connectivity index (χ2v) is 7.15. The fourth-order valence-electron chi connectivity index (χ4n) is 3.17. The van der Waals surface area contributed by atoms with Crippen molar-refractivity contribution >= 4 is 34.7 Å². The number of thioether (sulfide) groups is 1. The molecule has 2 N–H and O–H groups in total. The third-order valence-corrected chi connectivity index (χ3v) is 5.50. The second-order valence-electron chi connectivity index (χ2n) is 6.11. The van der Waals surface area contributed by atoms with Crippen molar-refractivity contribution < 1.29 is 14.0 Å². The van der Waals surface area contributed by atoms with Crippen molar-refractivity contribution in [1.82, 2.24) is 20.1 Å². The molecule has 1 unspecified atom stereocenters. The van der Waals surface area contributed by atoms with Crippen molar-refractivity contribution in [3.63, 3.8) is 0 Å². The Bertz CT molecular complexity index is 862. The highest BCUT2D eigenvalue weighted by Gasteiger charge is 2.30. The average Bonchev–Trinajstić information content (AvgIpc) is 3.28. The zero-order chi connectivity index (χ0) is 17.4. The van der Waals surface area contributed by atoms with Gasteiger partial charge < -0.3 is 14.2 Å². The lowest BCUT2D eigenvalue weighted by atomic mass is 10.1. The van der Waals surface area contributed by atoms with E-state index in [1.807, 2.05) is 4.90 Å². The number of nitrogens with zero attached hydrogens (tertiary/aromatic N) is 2. The summed E-state index contributed by atoms with van der Waals surface area (Å²) in [4.78, 5) is 42.4. The lowest BCUT2D eigenvalue weighted by molar-refractivity contribution is -0.134. The van der Waals surface area contributed by atoms with E-state index in [0.717, 1.165) is 11.6 Å². The van der Waals surface area contributed by atoms with Gasteiger partial charge in [-0.25, -0.2) is 4.79 Å². The number of aromatic nitrogens is 1. The van der Waals surface area contributed by atoms with Crippen LogP contribution in [-0.4, -0.2) is 70.4 Å². The SMILES string of the molecule is O=C(c1ccc2[nH]c(=O)oc2c1)N1CCN(C(=O)C2CSCN2)CC1. The summed E-state index contributed by atoms with van der Waals surface area (Å²) in [5.74, 6) is 1.08. The average molecular weight is 362 g/mol. The molecule has 2 aliphatic heterocycles. The van der Waals surface area contributed by atoms with Gasteiger partial charge in [-0.05, 0) is 18.2 Å². The molecule has 1 aromatic heterocycles. The van der Waals surface area contributed by atoms with Crippen LogP contribution in [0.5, 0.6) is 0 Å². The Balaban J connectivity index is 1.41. The van der Waals surface area contributed by atoms with Gasteiger partial charge in [0.25, 0.3) is 5.91 Å². The smallest absolute Gasteiger partial charge is 0.408 e. The lowest BCUT2D eigenvalue weighted by Crippen LogP contribution is -2.54. The van der Waals surface area contributed by atoms with E-state index in [0.29, 0.717) is 42.8 Å².